The average molecular weight is 257 g/mol. The summed E-state index contributed by atoms with van der Waals surface area (Å²) in [7, 11) is -6.04. The van der Waals surface area contributed by atoms with E-state index in [1.165, 1.54) is 11.8 Å². The molecule has 0 saturated carbocycles. The van der Waals surface area contributed by atoms with E-state index in [9.17, 15) is 16.8 Å². The van der Waals surface area contributed by atoms with Gasteiger partial charge in [0.05, 0.1) is 5.75 Å². The van der Waals surface area contributed by atoms with Gasteiger partial charge in [0.1, 0.15) is 12.1 Å². The second-order valence-corrected chi connectivity index (χ2v) is 6.16. The molecule has 8 heteroatoms. The van der Waals surface area contributed by atoms with E-state index in [1.807, 2.05) is 0 Å². The van der Waals surface area contributed by atoms with Crippen molar-refractivity contribution in [3.05, 3.63) is 0 Å². The van der Waals surface area contributed by atoms with Crippen molar-refractivity contribution < 1.29 is 21.0 Å². The number of thiol groups is 1. The van der Waals surface area contributed by atoms with Crippen molar-refractivity contribution in [3.63, 3.8) is 0 Å². The van der Waals surface area contributed by atoms with E-state index in [-0.39, 0.29) is 11.6 Å². The summed E-state index contributed by atoms with van der Waals surface area (Å²) in [5.74, 6) is -0.236. The van der Waals surface area contributed by atoms with Gasteiger partial charge in [-0.2, -0.15) is 8.42 Å². The van der Waals surface area contributed by atoms with Crippen molar-refractivity contribution in [1.29, 1.82) is 0 Å². The van der Waals surface area contributed by atoms with Crippen LogP contribution in [0.1, 0.15) is 19.8 Å². The van der Waals surface area contributed by atoms with Crippen molar-refractivity contribution in [2.75, 3.05) is 18.2 Å². The SMILES string of the molecule is CCS(=O)(=O)O[C@H]1CCCN1C[SH](=O)=O. The van der Waals surface area contributed by atoms with Crippen LogP contribution in [0.3, 0.4) is 0 Å². The molecule has 0 spiro atoms. The summed E-state index contributed by atoms with van der Waals surface area (Å²) in [5, 5.41) is 0. The zero-order valence-corrected chi connectivity index (χ0v) is 10.2. The standard InChI is InChI=1S/C7H15NO5S2/c1-2-15(11,12)13-7-4-3-5-8(7)6-14(9)10/h7,14H,2-6H2,1H3/t7-/m0/s1. The lowest BCUT2D eigenvalue weighted by Gasteiger charge is -2.20. The summed E-state index contributed by atoms with van der Waals surface area (Å²) < 4.78 is 48.3. The van der Waals surface area contributed by atoms with Crippen molar-refractivity contribution in [3.8, 4) is 0 Å². The zero-order valence-electron chi connectivity index (χ0n) is 8.46. The molecule has 1 fully saturated rings. The number of hydrogen-bond donors (Lipinski definition) is 1. The first-order chi connectivity index (χ1) is 6.94. The molecule has 0 aromatic carbocycles. The molecule has 0 N–H and O–H groups in total. The van der Waals surface area contributed by atoms with Crippen molar-refractivity contribution in [2.24, 2.45) is 0 Å². The molecule has 6 nitrogen and oxygen atoms in total. The highest BCUT2D eigenvalue weighted by Crippen LogP contribution is 2.19. The Hall–Kier alpha value is -0.180. The second-order valence-electron chi connectivity index (χ2n) is 3.33. The Bertz CT molecular complexity index is 367. The molecule has 1 heterocycles. The summed E-state index contributed by atoms with van der Waals surface area (Å²) in [6.07, 6.45) is 0.706. The second kappa shape index (κ2) is 5.24. The Morgan fingerprint density at radius 1 is 1.47 bits per heavy atom. The first-order valence-corrected chi connectivity index (χ1v) is 7.65. The minimum absolute atomic E-state index is 0.0964. The lowest BCUT2D eigenvalue weighted by molar-refractivity contribution is 0.0819. The fraction of sp³-hybridized carbons (Fsp3) is 1.00. The maximum Gasteiger partial charge on any atom is 0.268 e. The van der Waals surface area contributed by atoms with E-state index >= 15 is 0 Å². The Kier molecular flexibility index (Phi) is 4.50. The molecule has 1 saturated heterocycles. The number of nitrogens with zero attached hydrogens (tertiary/aromatic N) is 1. The maximum absolute atomic E-state index is 11.2. The monoisotopic (exact) mass is 257 g/mol. The molecule has 1 atom stereocenters. The predicted octanol–water partition coefficient (Wildman–Crippen LogP) is -0.656. The van der Waals surface area contributed by atoms with Gasteiger partial charge >= 0.3 is 0 Å². The molecule has 0 amide bonds. The van der Waals surface area contributed by atoms with Crippen LogP contribution in [0.2, 0.25) is 0 Å². The fourth-order valence-electron chi connectivity index (χ4n) is 1.45. The van der Waals surface area contributed by atoms with Gasteiger partial charge in [0.25, 0.3) is 10.1 Å². The number of rotatable bonds is 5. The summed E-state index contributed by atoms with van der Waals surface area (Å²) in [6, 6.07) is 0. The highest BCUT2D eigenvalue weighted by molar-refractivity contribution is 7.86. The molecule has 0 aromatic heterocycles. The van der Waals surface area contributed by atoms with Gasteiger partial charge in [-0.05, 0) is 19.8 Å². The van der Waals surface area contributed by atoms with Crippen LogP contribution in [0.4, 0.5) is 0 Å². The minimum Gasteiger partial charge on any atom is -0.263 e. The summed E-state index contributed by atoms with van der Waals surface area (Å²) in [6.45, 7) is 2.05. The third kappa shape index (κ3) is 4.06. The summed E-state index contributed by atoms with van der Waals surface area (Å²) >= 11 is 0. The van der Waals surface area contributed by atoms with Gasteiger partial charge in [-0.25, -0.2) is 8.42 Å². The highest BCUT2D eigenvalue weighted by Gasteiger charge is 2.29. The van der Waals surface area contributed by atoms with Crippen LogP contribution in [-0.2, 0) is 25.0 Å². The topological polar surface area (TPSA) is 80.8 Å². The number of likely N-dealkylation sites (tertiary alicyclic amines) is 1. The lowest BCUT2D eigenvalue weighted by atomic mass is 10.4. The van der Waals surface area contributed by atoms with Crippen molar-refractivity contribution in [1.82, 2.24) is 4.90 Å². The van der Waals surface area contributed by atoms with Crippen molar-refractivity contribution in [2.45, 2.75) is 26.0 Å². The van der Waals surface area contributed by atoms with Crippen LogP contribution in [0.25, 0.3) is 0 Å². The van der Waals surface area contributed by atoms with E-state index < -0.39 is 27.1 Å². The van der Waals surface area contributed by atoms with Gasteiger partial charge in [-0.15, -0.1) is 0 Å². The van der Waals surface area contributed by atoms with Gasteiger partial charge < -0.3 is 0 Å². The minimum atomic E-state index is -3.51. The van der Waals surface area contributed by atoms with E-state index in [0.29, 0.717) is 13.0 Å². The van der Waals surface area contributed by atoms with E-state index in [4.69, 9.17) is 4.18 Å². The molecule has 0 bridgehead atoms. The van der Waals surface area contributed by atoms with Crippen LogP contribution in [0.5, 0.6) is 0 Å². The Morgan fingerprint density at radius 3 is 2.67 bits per heavy atom. The first kappa shape index (κ1) is 12.9. The average Bonchev–Trinajstić information content (AvgIpc) is 2.51. The molecule has 1 rings (SSSR count). The van der Waals surface area contributed by atoms with Crippen LogP contribution >= 0.6 is 0 Å². The summed E-state index contributed by atoms with van der Waals surface area (Å²) in [4.78, 5) is 1.53. The molecule has 1 aliphatic heterocycles. The fourth-order valence-corrected chi connectivity index (χ4v) is 2.76. The van der Waals surface area contributed by atoms with Gasteiger partial charge in [0.15, 0.2) is 10.7 Å². The van der Waals surface area contributed by atoms with Crippen LogP contribution in [0, 0.1) is 0 Å². The third-order valence-electron chi connectivity index (χ3n) is 2.21. The molecule has 0 radical (unpaired) electrons. The van der Waals surface area contributed by atoms with Gasteiger partial charge in [0.2, 0.25) is 0 Å². The van der Waals surface area contributed by atoms with Crippen LogP contribution in [0.15, 0.2) is 0 Å². The molecule has 1 aliphatic rings. The van der Waals surface area contributed by atoms with Gasteiger partial charge in [-0.1, -0.05) is 0 Å². The van der Waals surface area contributed by atoms with Gasteiger partial charge in [0, 0.05) is 6.54 Å². The Morgan fingerprint density at radius 2 is 2.13 bits per heavy atom. The molecule has 0 unspecified atom stereocenters. The van der Waals surface area contributed by atoms with E-state index in [0.717, 1.165) is 6.42 Å². The third-order valence-corrected chi connectivity index (χ3v) is 4.03. The van der Waals surface area contributed by atoms with Crippen LogP contribution in [-0.4, -0.2) is 46.1 Å². The van der Waals surface area contributed by atoms with Gasteiger partial charge in [-0.3, -0.25) is 9.08 Å². The largest absolute Gasteiger partial charge is 0.268 e. The molecular formula is C7H15NO5S2. The lowest BCUT2D eigenvalue weighted by Crippen LogP contribution is -2.35. The van der Waals surface area contributed by atoms with Crippen molar-refractivity contribution >= 4 is 20.8 Å². The molecular weight excluding hydrogens is 242 g/mol. The summed E-state index contributed by atoms with van der Waals surface area (Å²) in [5.41, 5.74) is 0. The molecule has 0 aromatic rings. The highest BCUT2D eigenvalue weighted by atomic mass is 32.2. The smallest absolute Gasteiger partial charge is 0.263 e. The zero-order chi connectivity index (χ0) is 11.5. The number of hydrogen-bond acceptors (Lipinski definition) is 6. The van der Waals surface area contributed by atoms with E-state index in [1.54, 1.807) is 0 Å². The predicted molar refractivity (Wildman–Crippen MR) is 55.5 cm³/mol. The Labute approximate surface area is 91.3 Å². The first-order valence-electron chi connectivity index (χ1n) is 4.71. The normalized spacial score (nSPS) is 23.7. The Balaban J connectivity index is 2.61. The molecule has 90 valence electrons. The van der Waals surface area contributed by atoms with E-state index in [2.05, 4.69) is 0 Å². The quantitative estimate of drug-likeness (QED) is 0.520. The molecule has 0 aliphatic carbocycles. The van der Waals surface area contributed by atoms with Crippen LogP contribution < -0.4 is 0 Å². The maximum atomic E-state index is 11.2. The molecule has 15 heavy (non-hydrogen) atoms.